The lowest BCUT2D eigenvalue weighted by Crippen LogP contribution is -2.40. The van der Waals surface area contributed by atoms with Crippen molar-refractivity contribution in [3.8, 4) is 0 Å². The fraction of sp³-hybridized carbons (Fsp3) is 0.429. The fourth-order valence-corrected chi connectivity index (χ4v) is 3.45. The van der Waals surface area contributed by atoms with Crippen LogP contribution in [0.3, 0.4) is 0 Å². The molecule has 0 spiro atoms. The summed E-state index contributed by atoms with van der Waals surface area (Å²) < 4.78 is 0. The van der Waals surface area contributed by atoms with E-state index >= 15 is 0 Å². The van der Waals surface area contributed by atoms with Crippen LogP contribution in [0.5, 0.6) is 0 Å². The first-order valence-corrected chi connectivity index (χ1v) is 9.57. The zero-order valence-electron chi connectivity index (χ0n) is 15.6. The molecule has 0 atom stereocenters. The Bertz CT molecular complexity index is 876. The molecular weight excluding hydrogens is 340 g/mol. The summed E-state index contributed by atoms with van der Waals surface area (Å²) in [5.41, 5.74) is 3.59. The zero-order chi connectivity index (χ0) is 18.8. The van der Waals surface area contributed by atoms with Crippen LogP contribution < -0.4 is 5.32 Å². The van der Waals surface area contributed by atoms with Crippen molar-refractivity contribution in [2.75, 3.05) is 13.1 Å². The van der Waals surface area contributed by atoms with E-state index in [1.165, 1.54) is 0 Å². The Kier molecular flexibility index (Phi) is 4.88. The van der Waals surface area contributed by atoms with Gasteiger partial charge in [-0.1, -0.05) is 29.8 Å². The quantitative estimate of drug-likeness (QED) is 0.884. The summed E-state index contributed by atoms with van der Waals surface area (Å²) in [6, 6.07) is 8.02. The Labute approximate surface area is 159 Å². The lowest BCUT2D eigenvalue weighted by atomic mass is 10.1. The van der Waals surface area contributed by atoms with Gasteiger partial charge in [0.2, 0.25) is 5.91 Å². The summed E-state index contributed by atoms with van der Waals surface area (Å²) in [5, 5.41) is 2.91. The van der Waals surface area contributed by atoms with Gasteiger partial charge in [0, 0.05) is 25.2 Å². The number of hydrogen-bond acceptors (Lipinski definition) is 4. The van der Waals surface area contributed by atoms with Gasteiger partial charge in [0.25, 0.3) is 5.91 Å². The van der Waals surface area contributed by atoms with Gasteiger partial charge in [0.05, 0.1) is 17.8 Å². The second kappa shape index (κ2) is 7.47. The second-order valence-corrected chi connectivity index (χ2v) is 7.46. The lowest BCUT2D eigenvalue weighted by Gasteiger charge is -2.20. The maximum Gasteiger partial charge on any atom is 0.257 e. The van der Waals surface area contributed by atoms with Crippen molar-refractivity contribution in [2.45, 2.75) is 45.1 Å². The Morgan fingerprint density at radius 2 is 2.19 bits per heavy atom. The molecule has 0 saturated heterocycles. The van der Waals surface area contributed by atoms with Gasteiger partial charge in [-0.05, 0) is 38.2 Å². The van der Waals surface area contributed by atoms with E-state index in [0.29, 0.717) is 24.6 Å². The smallest absolute Gasteiger partial charge is 0.257 e. The van der Waals surface area contributed by atoms with Gasteiger partial charge in [-0.3, -0.25) is 9.59 Å². The first-order chi connectivity index (χ1) is 13.1. The van der Waals surface area contributed by atoms with E-state index < -0.39 is 0 Å². The van der Waals surface area contributed by atoms with Crippen LogP contribution in [0.2, 0.25) is 0 Å². The second-order valence-electron chi connectivity index (χ2n) is 7.46. The number of nitrogens with one attached hydrogen (secondary N) is 1. The molecule has 6 heteroatoms. The molecule has 0 unspecified atom stereocenters. The third kappa shape index (κ3) is 4.15. The predicted molar refractivity (Wildman–Crippen MR) is 101 cm³/mol. The third-order valence-electron chi connectivity index (χ3n) is 5.09. The zero-order valence-corrected chi connectivity index (χ0v) is 15.6. The number of hydrogen-bond donors (Lipinski definition) is 1. The molecule has 0 radical (unpaired) electrons. The summed E-state index contributed by atoms with van der Waals surface area (Å²) in [7, 11) is 0. The van der Waals surface area contributed by atoms with Crippen LogP contribution in [0.15, 0.2) is 30.5 Å². The highest BCUT2D eigenvalue weighted by atomic mass is 16.2. The standard InChI is InChI=1S/C21H24N4O2/c1-14-4-2-5-15(10-14)11-22-19(26)13-25-9-3-6-18-17(21(25)27)12-23-20(24-18)16-7-8-16/h2,4-5,10,12,16H,3,6-9,11,13H2,1H3,(H,22,26). The highest BCUT2D eigenvalue weighted by molar-refractivity contribution is 5.97. The highest BCUT2D eigenvalue weighted by Gasteiger charge is 2.30. The van der Waals surface area contributed by atoms with Gasteiger partial charge in [-0.25, -0.2) is 9.97 Å². The topological polar surface area (TPSA) is 75.2 Å². The molecule has 1 aromatic carbocycles. The minimum absolute atomic E-state index is 0.0640. The number of carbonyl (C=O) groups excluding carboxylic acids is 2. The third-order valence-corrected chi connectivity index (χ3v) is 5.09. The van der Waals surface area contributed by atoms with Crippen LogP contribution in [0.1, 0.15) is 58.2 Å². The van der Waals surface area contributed by atoms with Gasteiger partial charge in [-0.2, -0.15) is 0 Å². The molecule has 2 heterocycles. The van der Waals surface area contributed by atoms with Crippen molar-refractivity contribution in [1.82, 2.24) is 20.2 Å². The summed E-state index contributed by atoms with van der Waals surface area (Å²) in [6.45, 7) is 3.11. The SMILES string of the molecule is Cc1cccc(CNC(=O)CN2CCCc3nc(C4CC4)ncc3C2=O)c1. The van der Waals surface area contributed by atoms with E-state index in [4.69, 9.17) is 0 Å². The summed E-state index contributed by atoms with van der Waals surface area (Å²) in [5.74, 6) is 1.04. The number of rotatable bonds is 5. The summed E-state index contributed by atoms with van der Waals surface area (Å²) in [4.78, 5) is 35.8. The van der Waals surface area contributed by atoms with E-state index in [1.54, 1.807) is 11.1 Å². The van der Waals surface area contributed by atoms with Crippen LogP contribution in [0.4, 0.5) is 0 Å². The average Bonchev–Trinajstić information content (AvgIpc) is 3.50. The van der Waals surface area contributed by atoms with E-state index in [-0.39, 0.29) is 18.4 Å². The van der Waals surface area contributed by atoms with E-state index in [9.17, 15) is 9.59 Å². The Balaban J connectivity index is 1.39. The molecule has 1 fully saturated rings. The van der Waals surface area contributed by atoms with Crippen LogP contribution in [-0.4, -0.2) is 39.8 Å². The molecule has 2 aliphatic rings. The molecule has 27 heavy (non-hydrogen) atoms. The van der Waals surface area contributed by atoms with Crippen molar-refractivity contribution in [3.63, 3.8) is 0 Å². The largest absolute Gasteiger partial charge is 0.350 e. The van der Waals surface area contributed by atoms with Crippen molar-refractivity contribution in [3.05, 3.63) is 58.7 Å². The Hall–Kier alpha value is -2.76. The monoisotopic (exact) mass is 364 g/mol. The number of benzene rings is 1. The fourth-order valence-electron chi connectivity index (χ4n) is 3.45. The Morgan fingerprint density at radius 3 is 2.96 bits per heavy atom. The molecule has 6 nitrogen and oxygen atoms in total. The maximum absolute atomic E-state index is 12.9. The van der Waals surface area contributed by atoms with E-state index in [2.05, 4.69) is 15.3 Å². The van der Waals surface area contributed by atoms with Crippen molar-refractivity contribution in [2.24, 2.45) is 0 Å². The Morgan fingerprint density at radius 1 is 1.33 bits per heavy atom. The molecule has 1 saturated carbocycles. The molecule has 140 valence electrons. The van der Waals surface area contributed by atoms with E-state index in [1.807, 2.05) is 31.2 Å². The number of aryl methyl sites for hydroxylation is 2. The van der Waals surface area contributed by atoms with Gasteiger partial charge < -0.3 is 10.2 Å². The minimum atomic E-state index is -0.149. The number of amides is 2. The molecule has 0 bridgehead atoms. The van der Waals surface area contributed by atoms with Gasteiger partial charge in [0.1, 0.15) is 5.82 Å². The van der Waals surface area contributed by atoms with Gasteiger partial charge >= 0.3 is 0 Å². The lowest BCUT2D eigenvalue weighted by molar-refractivity contribution is -0.122. The van der Waals surface area contributed by atoms with Crippen molar-refractivity contribution in [1.29, 1.82) is 0 Å². The minimum Gasteiger partial charge on any atom is -0.350 e. The van der Waals surface area contributed by atoms with Gasteiger partial charge in [-0.15, -0.1) is 0 Å². The molecule has 2 aromatic rings. The number of carbonyl (C=O) groups is 2. The molecule has 4 rings (SSSR count). The molecule has 2 amide bonds. The van der Waals surface area contributed by atoms with Gasteiger partial charge in [0.15, 0.2) is 0 Å². The van der Waals surface area contributed by atoms with Crippen LogP contribution >= 0.6 is 0 Å². The number of aromatic nitrogens is 2. The van der Waals surface area contributed by atoms with Crippen LogP contribution in [0.25, 0.3) is 0 Å². The highest BCUT2D eigenvalue weighted by Crippen LogP contribution is 2.38. The molecule has 1 N–H and O–H groups in total. The summed E-state index contributed by atoms with van der Waals surface area (Å²) in [6.07, 6.45) is 5.50. The van der Waals surface area contributed by atoms with Crippen molar-refractivity contribution >= 4 is 11.8 Å². The molecule has 1 aliphatic heterocycles. The van der Waals surface area contributed by atoms with Crippen LogP contribution in [0, 0.1) is 6.92 Å². The molecule has 1 aliphatic carbocycles. The average molecular weight is 364 g/mol. The summed E-state index contributed by atoms with van der Waals surface area (Å²) >= 11 is 0. The maximum atomic E-state index is 12.9. The first kappa shape index (κ1) is 17.6. The number of fused-ring (bicyclic) bond motifs is 1. The predicted octanol–water partition coefficient (Wildman–Crippen LogP) is 2.37. The molecular formula is C21H24N4O2. The first-order valence-electron chi connectivity index (χ1n) is 9.57. The van der Waals surface area contributed by atoms with Crippen LogP contribution in [-0.2, 0) is 17.8 Å². The normalized spacial score (nSPS) is 16.6. The molecule has 1 aromatic heterocycles. The number of nitrogens with zero attached hydrogens (tertiary/aromatic N) is 3. The van der Waals surface area contributed by atoms with Crippen molar-refractivity contribution < 1.29 is 9.59 Å². The van der Waals surface area contributed by atoms with E-state index in [0.717, 1.165) is 48.3 Å².